The van der Waals surface area contributed by atoms with Gasteiger partial charge < -0.3 is 9.88 Å². The first-order valence-corrected chi connectivity index (χ1v) is 7.75. The largest absolute Gasteiger partial charge is 0.324 e. The van der Waals surface area contributed by atoms with Gasteiger partial charge in [-0.15, -0.1) is 0 Å². The Hall–Kier alpha value is -3.35. The smallest absolute Gasteiger partial charge is 0.229 e. The zero-order chi connectivity index (χ0) is 17.4. The van der Waals surface area contributed by atoms with Crippen molar-refractivity contribution in [3.05, 3.63) is 60.3 Å². The van der Waals surface area contributed by atoms with Crippen molar-refractivity contribution < 1.29 is 4.39 Å². The van der Waals surface area contributed by atoms with Crippen LogP contribution in [0, 0.1) is 12.7 Å². The molecule has 0 aliphatic heterocycles. The third-order valence-corrected chi connectivity index (χ3v) is 3.87. The highest BCUT2D eigenvalue weighted by molar-refractivity contribution is 5.77. The van der Waals surface area contributed by atoms with Crippen LogP contribution in [-0.4, -0.2) is 24.5 Å². The maximum Gasteiger partial charge on any atom is 0.229 e. The van der Waals surface area contributed by atoms with Gasteiger partial charge in [-0.1, -0.05) is 0 Å². The van der Waals surface area contributed by atoms with Gasteiger partial charge in [0.2, 0.25) is 5.95 Å². The number of hydrogen-bond donors (Lipinski definition) is 1. The molecule has 0 radical (unpaired) electrons. The van der Waals surface area contributed by atoms with Crippen LogP contribution in [0.1, 0.15) is 5.69 Å². The molecule has 0 atom stereocenters. The molecule has 0 bridgehead atoms. The molecule has 0 aliphatic rings. The van der Waals surface area contributed by atoms with Gasteiger partial charge in [-0.3, -0.25) is 4.98 Å². The highest BCUT2D eigenvalue weighted by Gasteiger charge is 2.12. The minimum Gasteiger partial charge on any atom is -0.324 e. The number of aryl methyl sites for hydroxylation is 2. The molecule has 0 spiro atoms. The lowest BCUT2D eigenvalue weighted by Crippen LogP contribution is -1.99. The number of imidazole rings is 1. The van der Waals surface area contributed by atoms with Crippen molar-refractivity contribution in [3.8, 4) is 11.4 Å². The summed E-state index contributed by atoms with van der Waals surface area (Å²) in [7, 11) is 1.91. The van der Waals surface area contributed by atoms with E-state index in [0.717, 1.165) is 17.1 Å². The fourth-order valence-corrected chi connectivity index (χ4v) is 2.65. The van der Waals surface area contributed by atoms with Crippen molar-refractivity contribution in [3.63, 3.8) is 0 Å². The summed E-state index contributed by atoms with van der Waals surface area (Å²) in [6, 6.07) is 9.93. The van der Waals surface area contributed by atoms with Crippen LogP contribution >= 0.6 is 0 Å². The molecule has 3 aromatic heterocycles. The Morgan fingerprint density at radius 3 is 2.60 bits per heavy atom. The molecule has 6 nitrogen and oxygen atoms in total. The second kappa shape index (κ2) is 5.94. The van der Waals surface area contributed by atoms with Crippen molar-refractivity contribution in [1.82, 2.24) is 24.5 Å². The summed E-state index contributed by atoms with van der Waals surface area (Å²) in [6.07, 6.45) is 3.43. The van der Waals surface area contributed by atoms with Crippen LogP contribution in [0.15, 0.2) is 48.8 Å². The Morgan fingerprint density at radius 2 is 1.84 bits per heavy atom. The maximum absolute atomic E-state index is 13.0. The molecular formula is C18H15FN6. The monoisotopic (exact) mass is 334 g/mol. The number of nitrogens with zero attached hydrogens (tertiary/aromatic N) is 5. The number of anilines is 2. The lowest BCUT2D eigenvalue weighted by Gasteiger charge is -2.05. The SMILES string of the molecule is Cc1cc(-c2nc3cnc(Nc4ccc(F)cc4)nc3n2C)ccn1. The van der Waals surface area contributed by atoms with Crippen LogP contribution in [-0.2, 0) is 7.05 Å². The van der Waals surface area contributed by atoms with E-state index in [9.17, 15) is 4.39 Å². The molecule has 25 heavy (non-hydrogen) atoms. The van der Waals surface area contributed by atoms with E-state index in [1.165, 1.54) is 12.1 Å². The first-order chi connectivity index (χ1) is 12.1. The lowest BCUT2D eigenvalue weighted by molar-refractivity contribution is 0.628. The van der Waals surface area contributed by atoms with Crippen LogP contribution in [0.3, 0.4) is 0 Å². The molecule has 4 rings (SSSR count). The Morgan fingerprint density at radius 1 is 1.04 bits per heavy atom. The number of pyridine rings is 1. The summed E-state index contributed by atoms with van der Waals surface area (Å²) in [6.45, 7) is 1.94. The number of rotatable bonds is 3. The molecule has 0 saturated carbocycles. The predicted octanol–water partition coefficient (Wildman–Crippen LogP) is 3.62. The maximum atomic E-state index is 13.0. The standard InChI is InChI=1S/C18H15FN6/c1-11-9-12(7-8-20-11)16-23-15-10-21-18(24-17(15)25(16)2)22-14-5-3-13(19)4-6-14/h3-10H,1-2H3,(H,21,22,24). The van der Waals surface area contributed by atoms with Crippen molar-refractivity contribution >= 4 is 22.8 Å². The molecule has 0 aliphatic carbocycles. The number of hydrogen-bond acceptors (Lipinski definition) is 5. The molecule has 0 saturated heterocycles. The van der Waals surface area contributed by atoms with E-state index in [4.69, 9.17) is 0 Å². The van der Waals surface area contributed by atoms with Crippen LogP contribution in [0.25, 0.3) is 22.6 Å². The van der Waals surface area contributed by atoms with Crippen LogP contribution < -0.4 is 5.32 Å². The third-order valence-electron chi connectivity index (χ3n) is 3.87. The molecule has 7 heteroatoms. The molecule has 0 unspecified atom stereocenters. The Kier molecular flexibility index (Phi) is 3.61. The molecule has 0 amide bonds. The third kappa shape index (κ3) is 2.91. The van der Waals surface area contributed by atoms with Gasteiger partial charge in [0.05, 0.1) is 6.20 Å². The molecule has 4 aromatic rings. The summed E-state index contributed by atoms with van der Waals surface area (Å²) in [5.41, 5.74) is 4.03. The van der Waals surface area contributed by atoms with E-state index < -0.39 is 0 Å². The van der Waals surface area contributed by atoms with Crippen LogP contribution in [0.2, 0.25) is 0 Å². The Bertz CT molecular complexity index is 1060. The number of benzene rings is 1. The second-order valence-corrected chi connectivity index (χ2v) is 5.71. The zero-order valence-electron chi connectivity index (χ0n) is 13.7. The minimum atomic E-state index is -0.286. The van der Waals surface area contributed by atoms with Gasteiger partial charge in [0, 0.05) is 30.2 Å². The highest BCUT2D eigenvalue weighted by Crippen LogP contribution is 2.23. The molecule has 124 valence electrons. The minimum absolute atomic E-state index is 0.286. The summed E-state index contributed by atoms with van der Waals surface area (Å²) in [4.78, 5) is 17.6. The van der Waals surface area contributed by atoms with Crippen molar-refractivity contribution in [2.24, 2.45) is 7.05 Å². The molecule has 3 heterocycles. The van der Waals surface area contributed by atoms with E-state index in [-0.39, 0.29) is 5.82 Å². The van der Waals surface area contributed by atoms with Crippen LogP contribution in [0.5, 0.6) is 0 Å². The van der Waals surface area contributed by atoms with Crippen molar-refractivity contribution in [1.29, 1.82) is 0 Å². The molecular weight excluding hydrogens is 319 g/mol. The van der Waals surface area contributed by atoms with Crippen molar-refractivity contribution in [2.45, 2.75) is 6.92 Å². The fourth-order valence-electron chi connectivity index (χ4n) is 2.65. The summed E-state index contributed by atoms with van der Waals surface area (Å²) >= 11 is 0. The molecule has 0 fully saturated rings. The average Bonchev–Trinajstić information content (AvgIpc) is 2.94. The van der Waals surface area contributed by atoms with Gasteiger partial charge in [0.1, 0.15) is 17.2 Å². The lowest BCUT2D eigenvalue weighted by atomic mass is 10.2. The topological polar surface area (TPSA) is 68.5 Å². The number of fused-ring (bicyclic) bond motifs is 1. The first kappa shape index (κ1) is 15.2. The van der Waals surface area contributed by atoms with E-state index in [1.807, 2.05) is 30.7 Å². The average molecular weight is 334 g/mol. The predicted molar refractivity (Wildman–Crippen MR) is 94.0 cm³/mol. The summed E-state index contributed by atoms with van der Waals surface area (Å²) in [5, 5.41) is 3.07. The Labute approximate surface area is 143 Å². The summed E-state index contributed by atoms with van der Waals surface area (Å²) in [5.74, 6) is 0.944. The summed E-state index contributed by atoms with van der Waals surface area (Å²) < 4.78 is 14.9. The Balaban J connectivity index is 1.73. The van der Waals surface area contributed by atoms with E-state index >= 15 is 0 Å². The van der Waals surface area contributed by atoms with Gasteiger partial charge >= 0.3 is 0 Å². The van der Waals surface area contributed by atoms with Crippen LogP contribution in [0.4, 0.5) is 16.0 Å². The van der Waals surface area contributed by atoms with Gasteiger partial charge in [-0.25, -0.2) is 14.4 Å². The number of aromatic nitrogens is 5. The van der Waals surface area contributed by atoms with E-state index in [1.54, 1.807) is 24.5 Å². The first-order valence-electron chi connectivity index (χ1n) is 7.75. The van der Waals surface area contributed by atoms with Crippen molar-refractivity contribution in [2.75, 3.05) is 5.32 Å². The van der Waals surface area contributed by atoms with E-state index in [0.29, 0.717) is 22.8 Å². The normalized spacial score (nSPS) is 11.0. The highest BCUT2D eigenvalue weighted by atomic mass is 19.1. The molecule has 1 N–H and O–H groups in total. The second-order valence-electron chi connectivity index (χ2n) is 5.71. The van der Waals surface area contributed by atoms with Gasteiger partial charge in [-0.05, 0) is 43.3 Å². The molecule has 1 aromatic carbocycles. The fraction of sp³-hybridized carbons (Fsp3) is 0.111. The van der Waals surface area contributed by atoms with Gasteiger partial charge in [0.15, 0.2) is 5.65 Å². The quantitative estimate of drug-likeness (QED) is 0.620. The zero-order valence-corrected chi connectivity index (χ0v) is 13.7. The van der Waals surface area contributed by atoms with E-state index in [2.05, 4.69) is 25.3 Å². The number of nitrogens with one attached hydrogen (secondary N) is 1. The van der Waals surface area contributed by atoms with Gasteiger partial charge in [-0.2, -0.15) is 4.98 Å². The number of halogens is 1. The van der Waals surface area contributed by atoms with Gasteiger partial charge in [0.25, 0.3) is 0 Å².